The van der Waals surface area contributed by atoms with Crippen molar-refractivity contribution in [3.8, 4) is 0 Å². The molecule has 0 radical (unpaired) electrons. The van der Waals surface area contributed by atoms with Gasteiger partial charge in [-0.05, 0) is 38.1 Å². The average molecular weight is 260 g/mol. The van der Waals surface area contributed by atoms with Gasteiger partial charge >= 0.3 is 0 Å². The molecule has 19 heavy (non-hydrogen) atoms. The lowest BCUT2D eigenvalue weighted by Crippen LogP contribution is -2.30. The third-order valence-electron chi connectivity index (χ3n) is 2.83. The molecule has 3 nitrogen and oxygen atoms in total. The van der Waals surface area contributed by atoms with Crippen LogP contribution < -0.4 is 5.32 Å². The lowest BCUT2D eigenvalue weighted by Gasteiger charge is -2.09. The Morgan fingerprint density at radius 2 is 2.00 bits per heavy atom. The predicted molar refractivity (Wildman–Crippen MR) is 80.0 cm³/mol. The number of likely N-dealkylation sites (N-methyl/N-ethyl adjacent to an activating group) is 1. The number of nitrogens with one attached hydrogen (secondary N) is 1. The molecular weight excluding hydrogens is 236 g/mol. The molecule has 0 aliphatic rings. The van der Waals surface area contributed by atoms with Crippen LogP contribution in [-0.4, -0.2) is 38.0 Å². The Kier molecular flexibility index (Phi) is 6.90. The third-order valence-corrected chi connectivity index (χ3v) is 2.83. The zero-order chi connectivity index (χ0) is 14.1. The molecule has 1 aromatic rings. The summed E-state index contributed by atoms with van der Waals surface area (Å²) in [6.07, 6.45) is 4.57. The molecule has 0 heterocycles. The van der Waals surface area contributed by atoms with E-state index >= 15 is 0 Å². The highest BCUT2D eigenvalue weighted by Gasteiger charge is 2.01. The molecule has 0 spiro atoms. The van der Waals surface area contributed by atoms with Gasteiger partial charge in [-0.3, -0.25) is 4.79 Å². The van der Waals surface area contributed by atoms with Crippen LogP contribution >= 0.6 is 0 Å². The van der Waals surface area contributed by atoms with Crippen LogP contribution in [0.2, 0.25) is 0 Å². The first-order chi connectivity index (χ1) is 9.08. The third kappa shape index (κ3) is 7.42. The largest absolute Gasteiger partial charge is 0.351 e. The van der Waals surface area contributed by atoms with Gasteiger partial charge in [-0.25, -0.2) is 0 Å². The van der Waals surface area contributed by atoms with E-state index in [0.717, 1.165) is 13.0 Å². The number of nitrogens with zero attached hydrogens (tertiary/aromatic N) is 1. The zero-order valence-corrected chi connectivity index (χ0v) is 12.1. The van der Waals surface area contributed by atoms with Gasteiger partial charge in [-0.15, -0.1) is 0 Å². The average Bonchev–Trinajstić information content (AvgIpc) is 2.37. The molecule has 0 saturated heterocycles. The molecule has 0 aromatic heterocycles. The number of carbonyl (C=O) groups excluding carboxylic acids is 1. The van der Waals surface area contributed by atoms with Gasteiger partial charge in [0.25, 0.3) is 0 Å². The van der Waals surface area contributed by atoms with Crippen molar-refractivity contribution in [2.45, 2.75) is 13.3 Å². The molecule has 0 fully saturated rings. The first-order valence-electron chi connectivity index (χ1n) is 6.72. The summed E-state index contributed by atoms with van der Waals surface area (Å²) in [6, 6.07) is 10.3. The number of allylic oxidation sites excluding steroid dienone is 1. The van der Waals surface area contributed by atoms with Crippen molar-refractivity contribution in [3.63, 3.8) is 0 Å². The van der Waals surface area contributed by atoms with Gasteiger partial charge in [0.05, 0.1) is 0 Å². The monoisotopic (exact) mass is 260 g/mol. The van der Waals surface area contributed by atoms with Gasteiger partial charge in [0.1, 0.15) is 0 Å². The summed E-state index contributed by atoms with van der Waals surface area (Å²) in [5, 5.41) is 2.87. The van der Waals surface area contributed by atoms with Crippen molar-refractivity contribution in [1.29, 1.82) is 0 Å². The lowest BCUT2D eigenvalue weighted by atomic mass is 10.0. The number of carbonyl (C=O) groups is 1. The van der Waals surface area contributed by atoms with Crippen LogP contribution in [0.5, 0.6) is 0 Å². The van der Waals surface area contributed by atoms with E-state index in [0.29, 0.717) is 12.5 Å². The molecule has 0 aliphatic carbocycles. The molecule has 0 saturated carbocycles. The van der Waals surface area contributed by atoms with Gasteiger partial charge in [0.2, 0.25) is 5.91 Å². The fourth-order valence-electron chi connectivity index (χ4n) is 1.77. The smallest absolute Gasteiger partial charge is 0.243 e. The van der Waals surface area contributed by atoms with E-state index in [1.54, 1.807) is 6.08 Å². The van der Waals surface area contributed by atoms with Gasteiger partial charge in [-0.2, -0.15) is 0 Å². The second-order valence-corrected chi connectivity index (χ2v) is 5.12. The van der Waals surface area contributed by atoms with Crippen LogP contribution in [0.1, 0.15) is 12.5 Å². The quantitative estimate of drug-likeness (QED) is 0.761. The van der Waals surface area contributed by atoms with E-state index in [1.807, 2.05) is 43.3 Å². The Morgan fingerprint density at radius 3 is 2.63 bits per heavy atom. The molecule has 1 amide bonds. The highest BCUT2D eigenvalue weighted by atomic mass is 16.1. The fraction of sp³-hybridized carbons (Fsp3) is 0.438. The Balaban J connectivity index is 2.29. The number of amides is 1. The van der Waals surface area contributed by atoms with Gasteiger partial charge in [-0.1, -0.05) is 43.3 Å². The Hall–Kier alpha value is -1.61. The minimum absolute atomic E-state index is 0.0123. The summed E-state index contributed by atoms with van der Waals surface area (Å²) < 4.78 is 0. The summed E-state index contributed by atoms with van der Waals surface area (Å²) in [4.78, 5) is 13.6. The fourth-order valence-corrected chi connectivity index (χ4v) is 1.77. The zero-order valence-electron chi connectivity index (χ0n) is 12.1. The summed E-state index contributed by atoms with van der Waals surface area (Å²) in [5.41, 5.74) is 1.30. The molecule has 0 bridgehead atoms. The minimum atomic E-state index is -0.0123. The second-order valence-electron chi connectivity index (χ2n) is 5.12. The van der Waals surface area contributed by atoms with Crippen LogP contribution in [0.3, 0.4) is 0 Å². The maximum atomic E-state index is 11.6. The molecular formula is C16H24N2O. The maximum absolute atomic E-state index is 11.6. The SMILES string of the molecule is C[C@@H](/C=C/C(=O)NCCN(C)C)Cc1ccccc1. The number of benzene rings is 1. The Morgan fingerprint density at radius 1 is 1.32 bits per heavy atom. The van der Waals surface area contributed by atoms with E-state index in [4.69, 9.17) is 0 Å². The van der Waals surface area contributed by atoms with Crippen molar-refractivity contribution >= 4 is 5.91 Å². The molecule has 0 unspecified atom stereocenters. The van der Waals surface area contributed by atoms with Crippen LogP contribution in [0, 0.1) is 5.92 Å². The summed E-state index contributed by atoms with van der Waals surface area (Å²) in [6.45, 7) is 3.67. The molecule has 1 rings (SSSR count). The number of hydrogen-bond acceptors (Lipinski definition) is 2. The topological polar surface area (TPSA) is 32.3 Å². The van der Waals surface area contributed by atoms with Gasteiger partial charge in [0, 0.05) is 13.1 Å². The summed E-state index contributed by atoms with van der Waals surface area (Å²) in [7, 11) is 3.98. The highest BCUT2D eigenvalue weighted by Crippen LogP contribution is 2.08. The van der Waals surface area contributed by atoms with Crippen LogP contribution in [0.25, 0.3) is 0 Å². The van der Waals surface area contributed by atoms with Gasteiger partial charge < -0.3 is 10.2 Å². The van der Waals surface area contributed by atoms with Gasteiger partial charge in [0.15, 0.2) is 0 Å². The normalized spacial score (nSPS) is 12.8. The molecule has 104 valence electrons. The summed E-state index contributed by atoms with van der Waals surface area (Å²) >= 11 is 0. The molecule has 0 aliphatic heterocycles. The van der Waals surface area contributed by atoms with Crippen LogP contribution in [0.15, 0.2) is 42.5 Å². The van der Waals surface area contributed by atoms with E-state index in [1.165, 1.54) is 5.56 Å². The van der Waals surface area contributed by atoms with Crippen molar-refractivity contribution in [2.75, 3.05) is 27.2 Å². The Bertz CT molecular complexity index is 398. The van der Waals surface area contributed by atoms with E-state index in [-0.39, 0.29) is 5.91 Å². The predicted octanol–water partition coefficient (Wildman–Crippen LogP) is 2.10. The van der Waals surface area contributed by atoms with Crippen LogP contribution in [0.4, 0.5) is 0 Å². The second kappa shape index (κ2) is 8.48. The number of rotatable bonds is 7. The van der Waals surface area contributed by atoms with Crippen molar-refractivity contribution < 1.29 is 4.79 Å². The molecule has 3 heteroatoms. The first kappa shape index (κ1) is 15.4. The first-order valence-corrected chi connectivity index (χ1v) is 6.72. The van der Waals surface area contributed by atoms with E-state index < -0.39 is 0 Å². The number of hydrogen-bond donors (Lipinski definition) is 1. The molecule has 1 N–H and O–H groups in total. The van der Waals surface area contributed by atoms with Crippen molar-refractivity contribution in [2.24, 2.45) is 5.92 Å². The van der Waals surface area contributed by atoms with Crippen LogP contribution in [-0.2, 0) is 11.2 Å². The Labute approximate surface area is 116 Å². The molecule has 1 aromatic carbocycles. The van der Waals surface area contributed by atoms with Crippen molar-refractivity contribution in [3.05, 3.63) is 48.0 Å². The highest BCUT2D eigenvalue weighted by molar-refractivity contribution is 5.87. The lowest BCUT2D eigenvalue weighted by molar-refractivity contribution is -0.116. The van der Waals surface area contributed by atoms with E-state index in [2.05, 4.69) is 24.4 Å². The van der Waals surface area contributed by atoms with E-state index in [9.17, 15) is 4.79 Å². The maximum Gasteiger partial charge on any atom is 0.243 e. The summed E-state index contributed by atoms with van der Waals surface area (Å²) in [5.74, 6) is 0.351. The standard InChI is InChI=1S/C16H24N2O/c1-14(13-15-7-5-4-6-8-15)9-10-16(19)17-11-12-18(2)3/h4-10,14H,11-13H2,1-3H3,(H,17,19)/b10-9+/t14-/m0/s1. The van der Waals surface area contributed by atoms with Crippen molar-refractivity contribution in [1.82, 2.24) is 10.2 Å². The molecule has 1 atom stereocenters. The minimum Gasteiger partial charge on any atom is -0.351 e.